The highest BCUT2D eigenvalue weighted by atomic mass is 35.5. The summed E-state index contributed by atoms with van der Waals surface area (Å²) in [6.45, 7) is 2.29. The highest BCUT2D eigenvalue weighted by molar-refractivity contribution is 7.99. The van der Waals surface area contributed by atoms with Crippen molar-refractivity contribution in [3.63, 3.8) is 0 Å². The van der Waals surface area contributed by atoms with Crippen LogP contribution in [0.3, 0.4) is 0 Å². The molecule has 0 aromatic heterocycles. The number of nitrogens with two attached hydrogens (primary N) is 1. The minimum atomic E-state index is -3.59. The largest absolute Gasteiger partial charge is 0.399 e. The van der Waals surface area contributed by atoms with Gasteiger partial charge in [0.15, 0.2) is 0 Å². The molecule has 0 aliphatic rings. The molecule has 3 N–H and O–H groups in total. The van der Waals surface area contributed by atoms with E-state index in [9.17, 15) is 8.42 Å². The smallest absolute Gasteiger partial charge is 0.242 e. The number of nitrogen functional groups attached to an aromatic ring is 1. The van der Waals surface area contributed by atoms with E-state index in [2.05, 4.69) is 4.72 Å². The Balaban J connectivity index is 2.93. The molecule has 0 amide bonds. The van der Waals surface area contributed by atoms with E-state index in [-0.39, 0.29) is 15.2 Å². The summed E-state index contributed by atoms with van der Waals surface area (Å²) in [5.74, 6) is 0. The fourth-order valence-corrected chi connectivity index (χ4v) is 3.13. The van der Waals surface area contributed by atoms with E-state index in [1.54, 1.807) is 17.8 Å². The van der Waals surface area contributed by atoms with Gasteiger partial charge in [0.25, 0.3) is 0 Å². The highest BCUT2D eigenvalue weighted by Gasteiger charge is 2.18. The Morgan fingerprint density at radius 3 is 2.76 bits per heavy atom. The van der Waals surface area contributed by atoms with Crippen molar-refractivity contribution < 1.29 is 8.42 Å². The number of rotatable bonds is 5. The lowest BCUT2D eigenvalue weighted by Crippen LogP contribution is -2.29. The van der Waals surface area contributed by atoms with Crippen LogP contribution in [0.2, 0.25) is 5.02 Å². The topological polar surface area (TPSA) is 72.2 Å². The van der Waals surface area contributed by atoms with E-state index in [0.717, 1.165) is 0 Å². The Bertz CT molecular complexity index is 491. The van der Waals surface area contributed by atoms with Crippen LogP contribution in [0.5, 0.6) is 0 Å². The van der Waals surface area contributed by atoms with Crippen LogP contribution >= 0.6 is 23.4 Å². The Kier molecular flexibility index (Phi) is 5.12. The number of thioether (sulfide) groups is 1. The summed E-state index contributed by atoms with van der Waals surface area (Å²) in [7, 11) is -3.59. The fraction of sp³-hybridized carbons (Fsp3) is 0.400. The van der Waals surface area contributed by atoms with Crippen molar-refractivity contribution in [1.82, 2.24) is 4.72 Å². The zero-order valence-electron chi connectivity index (χ0n) is 9.60. The van der Waals surface area contributed by atoms with Crippen LogP contribution < -0.4 is 10.5 Å². The summed E-state index contributed by atoms with van der Waals surface area (Å²) in [4.78, 5) is 0.0208. The van der Waals surface area contributed by atoms with Gasteiger partial charge in [0.05, 0.1) is 5.02 Å². The fourth-order valence-electron chi connectivity index (χ4n) is 1.11. The maximum Gasteiger partial charge on any atom is 0.242 e. The van der Waals surface area contributed by atoms with Gasteiger partial charge in [-0.1, -0.05) is 18.5 Å². The number of benzene rings is 1. The number of hydrogen-bond acceptors (Lipinski definition) is 4. The molecule has 0 heterocycles. The van der Waals surface area contributed by atoms with Gasteiger partial charge in [0, 0.05) is 17.5 Å². The van der Waals surface area contributed by atoms with E-state index in [1.807, 2.05) is 13.2 Å². The molecular formula is C10H15ClN2O2S2. The van der Waals surface area contributed by atoms with Gasteiger partial charge < -0.3 is 5.73 Å². The maximum atomic E-state index is 12.0. The first kappa shape index (κ1) is 14.6. The molecule has 0 aliphatic carbocycles. The lowest BCUT2D eigenvalue weighted by molar-refractivity contribution is 0.581. The predicted molar refractivity (Wildman–Crippen MR) is 74.0 cm³/mol. The second kappa shape index (κ2) is 5.95. The van der Waals surface area contributed by atoms with Crippen LogP contribution in [0.4, 0.5) is 5.69 Å². The molecule has 0 fully saturated rings. The quantitative estimate of drug-likeness (QED) is 0.814. The number of hydrogen-bond donors (Lipinski definition) is 2. The molecule has 0 radical (unpaired) electrons. The summed E-state index contributed by atoms with van der Waals surface area (Å²) in [5.41, 5.74) is 5.92. The van der Waals surface area contributed by atoms with Crippen molar-refractivity contribution >= 4 is 39.1 Å². The standard InChI is InChI=1S/C10H15ClN2O2S2/c1-7(16-2)6-13-17(14,15)10-5-8(12)3-4-9(10)11/h3-5,7,13H,6,12H2,1-2H3. The second-order valence-corrected chi connectivity index (χ2v) is 7.01. The summed E-state index contributed by atoms with van der Waals surface area (Å²) < 4.78 is 26.4. The van der Waals surface area contributed by atoms with Gasteiger partial charge in [-0.2, -0.15) is 11.8 Å². The molecule has 1 unspecified atom stereocenters. The predicted octanol–water partition coefficient (Wildman–Crippen LogP) is 1.95. The summed E-state index contributed by atoms with van der Waals surface area (Å²) in [6, 6.07) is 4.39. The Morgan fingerprint density at radius 2 is 2.18 bits per heavy atom. The van der Waals surface area contributed by atoms with Crippen LogP contribution in [0.1, 0.15) is 6.92 Å². The van der Waals surface area contributed by atoms with Gasteiger partial charge in [-0.15, -0.1) is 0 Å². The lowest BCUT2D eigenvalue weighted by Gasteiger charge is -2.12. The number of anilines is 1. The number of halogens is 1. The molecule has 17 heavy (non-hydrogen) atoms. The molecule has 0 aliphatic heterocycles. The van der Waals surface area contributed by atoms with Crippen molar-refractivity contribution in [1.29, 1.82) is 0 Å². The van der Waals surface area contributed by atoms with E-state index in [1.165, 1.54) is 12.1 Å². The normalized spacial score (nSPS) is 13.6. The lowest BCUT2D eigenvalue weighted by atomic mass is 10.3. The summed E-state index contributed by atoms with van der Waals surface area (Å²) in [5, 5.41) is 0.369. The van der Waals surface area contributed by atoms with Crippen LogP contribution in [-0.2, 0) is 10.0 Å². The van der Waals surface area contributed by atoms with Crippen LogP contribution in [0.15, 0.2) is 23.1 Å². The van der Waals surface area contributed by atoms with Crippen LogP contribution in [-0.4, -0.2) is 26.5 Å². The van der Waals surface area contributed by atoms with Gasteiger partial charge in [0.2, 0.25) is 10.0 Å². The summed E-state index contributed by atoms with van der Waals surface area (Å²) in [6.07, 6.45) is 1.92. The zero-order valence-corrected chi connectivity index (χ0v) is 12.0. The van der Waals surface area contributed by atoms with Crippen LogP contribution in [0, 0.1) is 0 Å². The number of sulfonamides is 1. The third kappa shape index (κ3) is 4.06. The molecule has 1 aromatic carbocycles. The third-order valence-corrected chi connectivity index (χ3v) is 5.08. The summed E-state index contributed by atoms with van der Waals surface area (Å²) >= 11 is 7.43. The average Bonchev–Trinajstić information content (AvgIpc) is 2.29. The number of nitrogens with one attached hydrogen (secondary N) is 1. The SMILES string of the molecule is CSC(C)CNS(=O)(=O)c1cc(N)ccc1Cl. The van der Waals surface area contributed by atoms with Gasteiger partial charge in [0.1, 0.15) is 4.90 Å². The first-order valence-corrected chi connectivity index (χ1v) is 8.09. The molecule has 1 rings (SSSR count). The minimum absolute atomic E-state index is 0.0208. The second-order valence-electron chi connectivity index (χ2n) is 3.59. The molecule has 0 spiro atoms. The molecule has 1 aromatic rings. The van der Waals surface area contributed by atoms with Gasteiger partial charge >= 0.3 is 0 Å². The zero-order chi connectivity index (χ0) is 13.1. The Hall–Kier alpha value is -0.430. The van der Waals surface area contributed by atoms with E-state index < -0.39 is 10.0 Å². The monoisotopic (exact) mass is 294 g/mol. The molecule has 0 saturated carbocycles. The molecule has 4 nitrogen and oxygen atoms in total. The first-order valence-electron chi connectivity index (χ1n) is 4.94. The van der Waals surface area contributed by atoms with Crippen molar-refractivity contribution in [3.8, 4) is 0 Å². The third-order valence-electron chi connectivity index (χ3n) is 2.21. The highest BCUT2D eigenvalue weighted by Crippen LogP contribution is 2.23. The maximum absolute atomic E-state index is 12.0. The van der Waals surface area contributed by atoms with Crippen molar-refractivity contribution in [2.75, 3.05) is 18.5 Å². The van der Waals surface area contributed by atoms with E-state index in [0.29, 0.717) is 12.2 Å². The molecule has 7 heteroatoms. The Morgan fingerprint density at radius 1 is 1.53 bits per heavy atom. The van der Waals surface area contributed by atoms with Gasteiger partial charge in [-0.05, 0) is 24.5 Å². The minimum Gasteiger partial charge on any atom is -0.399 e. The first-order chi connectivity index (χ1) is 7.86. The molecule has 0 saturated heterocycles. The van der Waals surface area contributed by atoms with Crippen molar-refractivity contribution in [2.45, 2.75) is 17.1 Å². The van der Waals surface area contributed by atoms with Gasteiger partial charge in [-0.3, -0.25) is 0 Å². The van der Waals surface area contributed by atoms with Gasteiger partial charge in [-0.25, -0.2) is 13.1 Å². The molecular weight excluding hydrogens is 280 g/mol. The average molecular weight is 295 g/mol. The molecule has 0 bridgehead atoms. The molecule has 1 atom stereocenters. The van der Waals surface area contributed by atoms with Crippen LogP contribution in [0.25, 0.3) is 0 Å². The Labute approximate surface area is 111 Å². The van der Waals surface area contributed by atoms with Crippen molar-refractivity contribution in [3.05, 3.63) is 23.2 Å². The van der Waals surface area contributed by atoms with E-state index in [4.69, 9.17) is 17.3 Å². The van der Waals surface area contributed by atoms with Crippen molar-refractivity contribution in [2.24, 2.45) is 0 Å². The molecule has 96 valence electrons. The van der Waals surface area contributed by atoms with E-state index >= 15 is 0 Å².